The molecule has 178 valence electrons. The number of halogens is 5. The zero-order valence-electron chi connectivity index (χ0n) is 17.7. The van der Waals surface area contributed by atoms with Crippen molar-refractivity contribution < 1.29 is 9.59 Å². The van der Waals surface area contributed by atoms with Gasteiger partial charge in [0.05, 0.1) is 27.9 Å². The Hall–Kier alpha value is -2.53. The molecule has 2 unspecified atom stereocenters. The molecular weight excluding hydrogens is 554 g/mol. The lowest BCUT2D eigenvalue weighted by Crippen LogP contribution is -2.23. The van der Waals surface area contributed by atoms with Crippen molar-refractivity contribution in [2.45, 2.75) is 10.3 Å². The number of pyridine rings is 1. The molecule has 1 saturated carbocycles. The Labute approximate surface area is 226 Å². The summed E-state index contributed by atoms with van der Waals surface area (Å²) < 4.78 is -1.38. The van der Waals surface area contributed by atoms with Crippen molar-refractivity contribution in [3.05, 3.63) is 86.6 Å². The van der Waals surface area contributed by atoms with Crippen LogP contribution in [0, 0.1) is 16.7 Å². The van der Waals surface area contributed by atoms with E-state index in [1.807, 2.05) is 6.07 Å². The molecule has 0 bridgehead atoms. The number of rotatable bonds is 7. The Kier molecular flexibility index (Phi) is 7.19. The highest BCUT2D eigenvalue weighted by atomic mass is 35.5. The molecule has 1 heterocycles. The summed E-state index contributed by atoms with van der Waals surface area (Å²) in [6, 6.07) is 14.6. The molecule has 0 spiro atoms. The SMILES string of the molecule is N#Cc1ccc(NC(=O)c2cc(NCC3(C=O)C(c4cc(Cl)cc(Cl)c4)C3(Cl)Cl)ccc2Cl)cn1. The van der Waals surface area contributed by atoms with Crippen molar-refractivity contribution in [1.82, 2.24) is 4.98 Å². The second kappa shape index (κ2) is 9.85. The molecule has 2 atom stereocenters. The normalized spacial score (nSPS) is 19.9. The lowest BCUT2D eigenvalue weighted by molar-refractivity contribution is -0.112. The van der Waals surface area contributed by atoms with E-state index >= 15 is 0 Å². The van der Waals surface area contributed by atoms with Crippen LogP contribution in [-0.4, -0.2) is 28.1 Å². The van der Waals surface area contributed by atoms with Crippen molar-refractivity contribution in [1.29, 1.82) is 5.26 Å². The first-order chi connectivity index (χ1) is 16.6. The summed E-state index contributed by atoms with van der Waals surface area (Å²) >= 11 is 31.6. The van der Waals surface area contributed by atoms with E-state index in [2.05, 4.69) is 15.6 Å². The van der Waals surface area contributed by atoms with Crippen LogP contribution in [0.4, 0.5) is 11.4 Å². The Balaban J connectivity index is 1.52. The third kappa shape index (κ3) is 4.93. The van der Waals surface area contributed by atoms with Gasteiger partial charge >= 0.3 is 0 Å². The monoisotopic (exact) mass is 566 g/mol. The average molecular weight is 569 g/mol. The van der Waals surface area contributed by atoms with Crippen LogP contribution in [0.3, 0.4) is 0 Å². The Morgan fingerprint density at radius 3 is 2.34 bits per heavy atom. The summed E-state index contributed by atoms with van der Waals surface area (Å²) in [4.78, 5) is 28.9. The van der Waals surface area contributed by atoms with E-state index in [0.717, 1.165) is 6.29 Å². The van der Waals surface area contributed by atoms with E-state index in [1.165, 1.54) is 12.3 Å². The van der Waals surface area contributed by atoms with Gasteiger partial charge in [0.25, 0.3) is 5.91 Å². The van der Waals surface area contributed by atoms with E-state index in [0.29, 0.717) is 27.0 Å². The summed E-state index contributed by atoms with van der Waals surface area (Å²) in [7, 11) is 0. The first-order valence-corrected chi connectivity index (χ1v) is 12.0. The fourth-order valence-corrected chi connectivity index (χ4v) is 5.64. The van der Waals surface area contributed by atoms with Crippen LogP contribution in [0.5, 0.6) is 0 Å². The second-order valence-corrected chi connectivity index (χ2v) is 10.6. The molecule has 0 radical (unpaired) electrons. The number of benzene rings is 2. The van der Waals surface area contributed by atoms with E-state index in [9.17, 15) is 9.59 Å². The lowest BCUT2D eigenvalue weighted by atomic mass is 10.00. The van der Waals surface area contributed by atoms with Gasteiger partial charge < -0.3 is 15.4 Å². The van der Waals surface area contributed by atoms with Gasteiger partial charge in [-0.1, -0.05) is 58.0 Å². The van der Waals surface area contributed by atoms with Crippen LogP contribution in [-0.2, 0) is 4.79 Å². The van der Waals surface area contributed by atoms with Gasteiger partial charge in [-0.15, -0.1) is 0 Å². The molecule has 2 aromatic carbocycles. The summed E-state index contributed by atoms with van der Waals surface area (Å²) in [6.45, 7) is 0.0839. The molecule has 1 aliphatic carbocycles. The first kappa shape index (κ1) is 25.6. The quantitative estimate of drug-likeness (QED) is 0.243. The number of hydrogen-bond donors (Lipinski definition) is 2. The maximum Gasteiger partial charge on any atom is 0.257 e. The largest absolute Gasteiger partial charge is 0.384 e. The minimum Gasteiger partial charge on any atom is -0.384 e. The van der Waals surface area contributed by atoms with Gasteiger partial charge in [-0.2, -0.15) is 5.26 Å². The van der Waals surface area contributed by atoms with Crippen LogP contribution in [0.25, 0.3) is 0 Å². The molecule has 1 amide bonds. The van der Waals surface area contributed by atoms with E-state index in [1.54, 1.807) is 42.5 Å². The number of amides is 1. The second-order valence-electron chi connectivity index (χ2n) is 7.96. The van der Waals surface area contributed by atoms with E-state index in [4.69, 9.17) is 63.3 Å². The van der Waals surface area contributed by atoms with Gasteiger partial charge in [-0.05, 0) is 54.1 Å². The molecule has 6 nitrogen and oxygen atoms in total. The summed E-state index contributed by atoms with van der Waals surface area (Å²) in [5, 5.41) is 15.7. The molecule has 2 N–H and O–H groups in total. The fourth-order valence-electron chi connectivity index (χ4n) is 3.92. The fraction of sp³-hybridized carbons (Fsp3) is 0.167. The highest BCUT2D eigenvalue weighted by Crippen LogP contribution is 2.73. The molecule has 4 rings (SSSR count). The third-order valence-corrected chi connectivity index (χ3v) is 7.68. The topological polar surface area (TPSA) is 94.9 Å². The minimum absolute atomic E-state index is 0.0839. The first-order valence-electron chi connectivity index (χ1n) is 10.1. The lowest BCUT2D eigenvalue weighted by Gasteiger charge is -2.15. The summed E-state index contributed by atoms with van der Waals surface area (Å²) in [5.41, 5.74) is 0.840. The van der Waals surface area contributed by atoms with Crippen LogP contribution in [0.15, 0.2) is 54.7 Å². The smallest absolute Gasteiger partial charge is 0.257 e. The Morgan fingerprint density at radius 1 is 1.06 bits per heavy atom. The maximum atomic E-state index is 12.8. The number of aldehydes is 1. The number of carbonyl (C=O) groups excluding carboxylic acids is 2. The third-order valence-electron chi connectivity index (χ3n) is 5.78. The molecule has 0 aliphatic heterocycles. The average Bonchev–Trinajstić information content (AvgIpc) is 3.32. The van der Waals surface area contributed by atoms with E-state index in [-0.39, 0.29) is 22.8 Å². The highest BCUT2D eigenvalue weighted by Gasteiger charge is 2.76. The molecule has 0 saturated heterocycles. The number of anilines is 2. The molecule has 35 heavy (non-hydrogen) atoms. The van der Waals surface area contributed by atoms with E-state index < -0.39 is 21.6 Å². The number of nitrogens with one attached hydrogen (secondary N) is 2. The number of nitrogens with zero attached hydrogens (tertiary/aromatic N) is 2. The molecular formula is C24H15Cl5N4O2. The standard InChI is InChI=1S/C24H15Cl5N4O2/c25-14-5-13(6-15(26)7-14)21-23(12-34,24(21,28)29)11-32-16-3-4-20(27)19(8-16)22(35)33-18-2-1-17(9-30)31-10-18/h1-8,10,12,21,32H,11H2,(H,33,35). The summed E-state index contributed by atoms with van der Waals surface area (Å²) in [6.07, 6.45) is 2.09. The molecule has 1 aromatic heterocycles. The van der Waals surface area contributed by atoms with Crippen LogP contribution in [0.2, 0.25) is 15.1 Å². The van der Waals surface area contributed by atoms with Gasteiger partial charge in [0.2, 0.25) is 0 Å². The Morgan fingerprint density at radius 2 is 1.74 bits per heavy atom. The number of hydrogen-bond acceptors (Lipinski definition) is 5. The number of alkyl halides is 2. The molecule has 3 aromatic rings. The molecule has 11 heteroatoms. The number of nitriles is 1. The summed E-state index contributed by atoms with van der Waals surface area (Å²) in [5.74, 6) is -1.02. The predicted octanol–water partition coefficient (Wildman–Crippen LogP) is 6.73. The Bertz CT molecular complexity index is 1340. The van der Waals surface area contributed by atoms with Crippen LogP contribution in [0.1, 0.15) is 27.5 Å². The van der Waals surface area contributed by atoms with Crippen molar-refractivity contribution in [2.24, 2.45) is 5.41 Å². The highest BCUT2D eigenvalue weighted by molar-refractivity contribution is 6.54. The molecule has 1 aliphatic rings. The number of carbonyl (C=O) groups is 2. The van der Waals surface area contributed by atoms with Gasteiger partial charge in [0, 0.05) is 28.2 Å². The number of aromatic nitrogens is 1. The van der Waals surface area contributed by atoms with Crippen molar-refractivity contribution in [2.75, 3.05) is 17.2 Å². The van der Waals surface area contributed by atoms with Crippen molar-refractivity contribution >= 4 is 81.6 Å². The van der Waals surface area contributed by atoms with Gasteiger partial charge in [-0.25, -0.2) is 4.98 Å². The maximum absolute atomic E-state index is 12.8. The van der Waals surface area contributed by atoms with Gasteiger partial charge in [0.15, 0.2) is 0 Å². The van der Waals surface area contributed by atoms with Gasteiger partial charge in [0.1, 0.15) is 22.4 Å². The van der Waals surface area contributed by atoms with Gasteiger partial charge in [-0.3, -0.25) is 4.79 Å². The van der Waals surface area contributed by atoms with Crippen molar-refractivity contribution in [3.63, 3.8) is 0 Å². The van der Waals surface area contributed by atoms with Crippen LogP contribution < -0.4 is 10.6 Å². The zero-order chi connectivity index (χ0) is 25.4. The predicted molar refractivity (Wildman–Crippen MR) is 139 cm³/mol. The minimum atomic E-state index is -1.38. The van der Waals surface area contributed by atoms with Crippen molar-refractivity contribution in [3.8, 4) is 6.07 Å². The zero-order valence-corrected chi connectivity index (χ0v) is 21.4. The van der Waals surface area contributed by atoms with Crippen LogP contribution >= 0.6 is 58.0 Å². The molecule has 1 fully saturated rings.